The summed E-state index contributed by atoms with van der Waals surface area (Å²) in [6, 6.07) is 14.2. The highest BCUT2D eigenvalue weighted by Gasteiger charge is 2.27. The maximum atomic E-state index is 12.8. The molecule has 3 rings (SSSR count). The zero-order valence-electron chi connectivity index (χ0n) is 14.6. The van der Waals surface area contributed by atoms with Crippen molar-refractivity contribution in [2.75, 3.05) is 32.7 Å². The predicted octanol–water partition coefficient (Wildman–Crippen LogP) is 3.16. The maximum Gasteiger partial charge on any atom is 0.263 e. The number of fused-ring (bicyclic) bond motifs is 1. The van der Waals surface area contributed by atoms with Crippen LogP contribution in [-0.4, -0.2) is 54.5 Å². The molecule has 0 saturated carbocycles. The van der Waals surface area contributed by atoms with Crippen LogP contribution in [0.1, 0.15) is 20.3 Å². The first-order valence-electron chi connectivity index (χ1n) is 8.88. The van der Waals surface area contributed by atoms with Crippen molar-refractivity contribution in [2.45, 2.75) is 26.4 Å². The van der Waals surface area contributed by atoms with E-state index in [-0.39, 0.29) is 5.91 Å². The first kappa shape index (κ1) is 16.8. The summed E-state index contributed by atoms with van der Waals surface area (Å²) in [5.41, 5.74) is 0. The molecule has 0 bridgehead atoms. The number of likely N-dealkylation sites (N-methyl/N-ethyl adjacent to an activating group) is 1. The van der Waals surface area contributed by atoms with Gasteiger partial charge in [-0.15, -0.1) is 0 Å². The minimum Gasteiger partial charge on any atom is -0.481 e. The molecule has 2 aromatic carbocycles. The van der Waals surface area contributed by atoms with Crippen molar-refractivity contribution in [1.82, 2.24) is 9.80 Å². The molecule has 0 aliphatic carbocycles. The van der Waals surface area contributed by atoms with Gasteiger partial charge < -0.3 is 14.5 Å². The highest BCUT2D eigenvalue weighted by atomic mass is 16.5. The van der Waals surface area contributed by atoms with E-state index in [4.69, 9.17) is 4.74 Å². The number of nitrogens with zero attached hydrogens (tertiary/aromatic N) is 2. The van der Waals surface area contributed by atoms with E-state index in [0.717, 1.165) is 43.9 Å². The van der Waals surface area contributed by atoms with Crippen LogP contribution in [0.4, 0.5) is 0 Å². The van der Waals surface area contributed by atoms with Crippen LogP contribution >= 0.6 is 0 Å². The van der Waals surface area contributed by atoms with Gasteiger partial charge >= 0.3 is 0 Å². The molecule has 1 heterocycles. The van der Waals surface area contributed by atoms with E-state index >= 15 is 0 Å². The lowest BCUT2D eigenvalue weighted by Crippen LogP contribution is -2.52. The van der Waals surface area contributed by atoms with Gasteiger partial charge in [0.05, 0.1) is 0 Å². The molecular formula is C20H26N2O2. The third kappa shape index (κ3) is 3.70. The molecule has 0 unspecified atom stereocenters. The molecule has 4 heteroatoms. The Hall–Kier alpha value is -2.07. The first-order valence-corrected chi connectivity index (χ1v) is 8.88. The molecule has 1 atom stereocenters. The Labute approximate surface area is 144 Å². The lowest BCUT2D eigenvalue weighted by atomic mass is 10.1. The number of carbonyl (C=O) groups is 1. The van der Waals surface area contributed by atoms with E-state index < -0.39 is 6.10 Å². The zero-order chi connectivity index (χ0) is 16.9. The fourth-order valence-corrected chi connectivity index (χ4v) is 3.20. The molecule has 4 nitrogen and oxygen atoms in total. The molecule has 128 valence electrons. The average molecular weight is 326 g/mol. The van der Waals surface area contributed by atoms with Crippen LogP contribution in [0, 0.1) is 0 Å². The number of carbonyl (C=O) groups excluding carboxylic acids is 1. The van der Waals surface area contributed by atoms with Gasteiger partial charge in [0.25, 0.3) is 5.91 Å². The van der Waals surface area contributed by atoms with E-state index in [1.807, 2.05) is 42.2 Å². The minimum absolute atomic E-state index is 0.112. The quantitative estimate of drug-likeness (QED) is 0.846. The Morgan fingerprint density at radius 2 is 1.75 bits per heavy atom. The monoisotopic (exact) mass is 326 g/mol. The van der Waals surface area contributed by atoms with E-state index in [1.54, 1.807) is 0 Å². The van der Waals surface area contributed by atoms with E-state index in [9.17, 15) is 4.79 Å². The van der Waals surface area contributed by atoms with Gasteiger partial charge in [0, 0.05) is 26.2 Å². The van der Waals surface area contributed by atoms with Crippen LogP contribution in [0.25, 0.3) is 10.8 Å². The van der Waals surface area contributed by atoms with Gasteiger partial charge in [-0.2, -0.15) is 0 Å². The molecule has 24 heavy (non-hydrogen) atoms. The number of hydrogen-bond donors (Lipinski definition) is 0. The van der Waals surface area contributed by atoms with Gasteiger partial charge in [-0.1, -0.05) is 44.2 Å². The second-order valence-corrected chi connectivity index (χ2v) is 6.28. The Morgan fingerprint density at radius 1 is 1.04 bits per heavy atom. The smallest absolute Gasteiger partial charge is 0.263 e. The summed E-state index contributed by atoms with van der Waals surface area (Å²) in [7, 11) is 0. The van der Waals surface area contributed by atoms with Crippen LogP contribution < -0.4 is 4.74 Å². The van der Waals surface area contributed by atoms with Crippen molar-refractivity contribution in [3.63, 3.8) is 0 Å². The van der Waals surface area contributed by atoms with Gasteiger partial charge in [-0.25, -0.2) is 0 Å². The van der Waals surface area contributed by atoms with Crippen molar-refractivity contribution in [3.8, 4) is 5.75 Å². The molecule has 2 aromatic rings. The molecule has 1 fully saturated rings. The standard InChI is InChI=1S/C20H26N2O2/c1-3-19(20(23)22-13-11-21(4-2)12-14-22)24-18-10-9-16-7-5-6-8-17(16)15-18/h5-10,15,19H,3-4,11-14H2,1-2H3/t19-/m1/s1. The van der Waals surface area contributed by atoms with Crippen molar-refractivity contribution in [3.05, 3.63) is 42.5 Å². The Balaban J connectivity index is 1.68. The van der Waals surface area contributed by atoms with E-state index in [0.29, 0.717) is 6.42 Å². The number of ether oxygens (including phenoxy) is 1. The first-order chi connectivity index (χ1) is 11.7. The molecule has 0 aromatic heterocycles. The number of benzene rings is 2. The lowest BCUT2D eigenvalue weighted by molar-refractivity contribution is -0.140. The van der Waals surface area contributed by atoms with Gasteiger partial charge in [-0.3, -0.25) is 4.79 Å². The van der Waals surface area contributed by atoms with Crippen LogP contribution in [0.15, 0.2) is 42.5 Å². The van der Waals surface area contributed by atoms with Crippen LogP contribution in [0.5, 0.6) is 5.75 Å². The van der Waals surface area contributed by atoms with Gasteiger partial charge in [0.1, 0.15) is 5.75 Å². The Morgan fingerprint density at radius 3 is 2.42 bits per heavy atom. The molecule has 0 N–H and O–H groups in total. The predicted molar refractivity (Wildman–Crippen MR) is 97.3 cm³/mol. The summed E-state index contributed by atoms with van der Waals surface area (Å²) in [5.74, 6) is 0.877. The highest BCUT2D eigenvalue weighted by molar-refractivity contribution is 5.84. The molecule has 1 aliphatic rings. The topological polar surface area (TPSA) is 32.8 Å². The average Bonchev–Trinajstić information content (AvgIpc) is 2.65. The van der Waals surface area contributed by atoms with E-state index in [1.165, 1.54) is 5.39 Å². The molecule has 1 amide bonds. The molecule has 1 aliphatic heterocycles. The molecule has 1 saturated heterocycles. The lowest BCUT2D eigenvalue weighted by Gasteiger charge is -2.35. The van der Waals surface area contributed by atoms with Gasteiger partial charge in [0.2, 0.25) is 0 Å². The number of hydrogen-bond acceptors (Lipinski definition) is 3. The van der Waals surface area contributed by atoms with Gasteiger partial charge in [0.15, 0.2) is 6.10 Å². The fraction of sp³-hybridized carbons (Fsp3) is 0.450. The van der Waals surface area contributed by atoms with Crippen molar-refractivity contribution in [1.29, 1.82) is 0 Å². The summed E-state index contributed by atoms with van der Waals surface area (Å²) >= 11 is 0. The summed E-state index contributed by atoms with van der Waals surface area (Å²) < 4.78 is 6.04. The molecule has 0 spiro atoms. The summed E-state index contributed by atoms with van der Waals surface area (Å²) in [6.07, 6.45) is 0.277. The third-order valence-corrected chi connectivity index (χ3v) is 4.78. The normalized spacial score (nSPS) is 17.0. The van der Waals surface area contributed by atoms with Crippen LogP contribution in [0.2, 0.25) is 0 Å². The molecule has 0 radical (unpaired) electrons. The Bertz CT molecular complexity index is 693. The minimum atomic E-state index is -0.403. The SMILES string of the molecule is CC[C@@H](Oc1ccc2ccccc2c1)C(=O)N1CCN(CC)CC1. The maximum absolute atomic E-state index is 12.8. The largest absolute Gasteiger partial charge is 0.481 e. The zero-order valence-corrected chi connectivity index (χ0v) is 14.6. The van der Waals surface area contributed by atoms with Crippen LogP contribution in [-0.2, 0) is 4.79 Å². The van der Waals surface area contributed by atoms with Crippen molar-refractivity contribution < 1.29 is 9.53 Å². The molecular weight excluding hydrogens is 300 g/mol. The number of rotatable bonds is 5. The summed E-state index contributed by atoms with van der Waals surface area (Å²) in [5, 5.41) is 2.31. The van der Waals surface area contributed by atoms with Crippen molar-refractivity contribution >= 4 is 16.7 Å². The van der Waals surface area contributed by atoms with Gasteiger partial charge in [-0.05, 0) is 35.9 Å². The second kappa shape index (κ2) is 7.67. The Kier molecular flexibility index (Phi) is 5.36. The fourth-order valence-electron chi connectivity index (χ4n) is 3.20. The number of piperazine rings is 1. The second-order valence-electron chi connectivity index (χ2n) is 6.28. The summed E-state index contributed by atoms with van der Waals surface area (Å²) in [4.78, 5) is 17.1. The summed E-state index contributed by atoms with van der Waals surface area (Å²) in [6.45, 7) is 8.71. The highest BCUT2D eigenvalue weighted by Crippen LogP contribution is 2.22. The third-order valence-electron chi connectivity index (χ3n) is 4.78. The number of amides is 1. The van der Waals surface area contributed by atoms with E-state index in [2.05, 4.69) is 24.0 Å². The van der Waals surface area contributed by atoms with Crippen molar-refractivity contribution in [2.24, 2.45) is 0 Å². The van der Waals surface area contributed by atoms with Crippen LogP contribution in [0.3, 0.4) is 0 Å².